The zero-order chi connectivity index (χ0) is 13.2. The molecular formula is C14H22N2O. The highest BCUT2D eigenvalue weighted by Gasteiger charge is 2.31. The Morgan fingerprint density at radius 2 is 1.71 bits per heavy atom. The summed E-state index contributed by atoms with van der Waals surface area (Å²) < 4.78 is 0. The Morgan fingerprint density at radius 3 is 2.24 bits per heavy atom. The van der Waals surface area contributed by atoms with Crippen molar-refractivity contribution in [2.24, 2.45) is 0 Å². The first kappa shape index (κ1) is 13.7. The quantitative estimate of drug-likeness (QED) is 0.787. The van der Waals surface area contributed by atoms with E-state index >= 15 is 0 Å². The van der Waals surface area contributed by atoms with Crippen molar-refractivity contribution in [2.45, 2.75) is 40.0 Å². The molecule has 0 fully saturated rings. The second kappa shape index (κ2) is 4.88. The Kier molecular flexibility index (Phi) is 3.94. The minimum absolute atomic E-state index is 0.0219. The summed E-state index contributed by atoms with van der Waals surface area (Å²) >= 11 is 0. The van der Waals surface area contributed by atoms with Gasteiger partial charge in [0.15, 0.2) is 0 Å². The number of carbonyl (C=O) groups excluding carboxylic acids is 1. The van der Waals surface area contributed by atoms with Crippen molar-refractivity contribution in [1.29, 1.82) is 0 Å². The van der Waals surface area contributed by atoms with Crippen LogP contribution in [0.25, 0.3) is 0 Å². The number of carbonyl (C=O) groups is 1. The lowest BCUT2D eigenvalue weighted by atomic mass is 9.79. The average Bonchev–Trinajstić information content (AvgIpc) is 2.26. The molecule has 1 aromatic rings. The number of hydrogen-bond acceptors (Lipinski definition) is 2. The largest absolute Gasteiger partial charge is 0.291 e. The Hall–Kier alpha value is -1.35. The van der Waals surface area contributed by atoms with E-state index in [1.807, 2.05) is 19.9 Å². The van der Waals surface area contributed by atoms with Gasteiger partial charge in [0.1, 0.15) is 0 Å². The van der Waals surface area contributed by atoms with Gasteiger partial charge in [-0.3, -0.25) is 10.2 Å². The normalized spacial score (nSPS) is 11.4. The Bertz CT molecular complexity index is 436. The molecule has 3 nitrogen and oxygen atoms in total. The number of nitrogens with one attached hydrogen (secondary N) is 2. The molecule has 0 saturated carbocycles. The second-order valence-corrected chi connectivity index (χ2v) is 5.01. The van der Waals surface area contributed by atoms with Gasteiger partial charge in [0.2, 0.25) is 5.91 Å². The van der Waals surface area contributed by atoms with Gasteiger partial charge in [-0.25, -0.2) is 5.43 Å². The molecule has 0 heterocycles. The highest BCUT2D eigenvalue weighted by atomic mass is 16.2. The number of benzene rings is 1. The number of rotatable bonds is 3. The van der Waals surface area contributed by atoms with E-state index in [-0.39, 0.29) is 5.91 Å². The van der Waals surface area contributed by atoms with Gasteiger partial charge in [0.25, 0.3) is 0 Å². The van der Waals surface area contributed by atoms with Crippen LogP contribution < -0.4 is 10.9 Å². The lowest BCUT2D eigenvalue weighted by Gasteiger charge is -2.27. The lowest BCUT2D eigenvalue weighted by Crippen LogP contribution is -2.45. The van der Waals surface area contributed by atoms with Crippen molar-refractivity contribution in [1.82, 2.24) is 10.9 Å². The summed E-state index contributed by atoms with van der Waals surface area (Å²) in [6.45, 7) is 10.1. The standard InChI is InChI=1S/C14H22N2O/c1-9-7-8-12(11(3)10(9)2)14(4,5)13(17)16-15-6/h7-8,15H,1-6H3,(H,16,17). The van der Waals surface area contributed by atoms with E-state index in [9.17, 15) is 4.79 Å². The predicted octanol–water partition coefficient (Wildman–Crippen LogP) is 2.14. The molecule has 94 valence electrons. The molecular weight excluding hydrogens is 212 g/mol. The number of amides is 1. The highest BCUT2D eigenvalue weighted by molar-refractivity contribution is 5.87. The second-order valence-electron chi connectivity index (χ2n) is 5.01. The monoisotopic (exact) mass is 234 g/mol. The van der Waals surface area contributed by atoms with Crippen molar-refractivity contribution in [2.75, 3.05) is 7.05 Å². The maximum Gasteiger partial charge on any atom is 0.244 e. The molecule has 1 rings (SSSR count). The molecule has 0 bridgehead atoms. The van der Waals surface area contributed by atoms with Crippen LogP contribution in [-0.4, -0.2) is 13.0 Å². The molecule has 0 spiro atoms. The predicted molar refractivity (Wildman–Crippen MR) is 70.9 cm³/mol. The third-order valence-corrected chi connectivity index (χ3v) is 3.54. The van der Waals surface area contributed by atoms with Gasteiger partial charge in [-0.15, -0.1) is 0 Å². The van der Waals surface area contributed by atoms with Crippen LogP contribution in [0.2, 0.25) is 0 Å². The highest BCUT2D eigenvalue weighted by Crippen LogP contribution is 2.29. The van der Waals surface area contributed by atoms with Gasteiger partial charge in [-0.05, 0) is 56.9 Å². The maximum absolute atomic E-state index is 12.0. The first-order chi connectivity index (χ1) is 7.82. The van der Waals surface area contributed by atoms with E-state index < -0.39 is 5.41 Å². The lowest BCUT2D eigenvalue weighted by molar-refractivity contribution is -0.126. The first-order valence-corrected chi connectivity index (χ1v) is 5.86. The van der Waals surface area contributed by atoms with E-state index in [1.165, 1.54) is 16.7 Å². The zero-order valence-corrected chi connectivity index (χ0v) is 11.6. The van der Waals surface area contributed by atoms with Gasteiger partial charge >= 0.3 is 0 Å². The third-order valence-electron chi connectivity index (χ3n) is 3.54. The van der Waals surface area contributed by atoms with Gasteiger partial charge in [-0.1, -0.05) is 12.1 Å². The summed E-state index contributed by atoms with van der Waals surface area (Å²) in [5.41, 5.74) is 9.60. The summed E-state index contributed by atoms with van der Waals surface area (Å²) in [7, 11) is 1.70. The van der Waals surface area contributed by atoms with Crippen molar-refractivity contribution in [3.8, 4) is 0 Å². The average molecular weight is 234 g/mol. The van der Waals surface area contributed by atoms with Crippen LogP contribution >= 0.6 is 0 Å². The SMILES string of the molecule is CNNC(=O)C(C)(C)c1ccc(C)c(C)c1C. The molecule has 0 saturated heterocycles. The molecule has 0 aliphatic heterocycles. The summed E-state index contributed by atoms with van der Waals surface area (Å²) in [4.78, 5) is 12.0. The fourth-order valence-corrected chi connectivity index (χ4v) is 2.03. The number of aryl methyl sites for hydroxylation is 1. The minimum atomic E-state index is -0.536. The van der Waals surface area contributed by atoms with Gasteiger partial charge in [-0.2, -0.15) is 0 Å². The smallest absolute Gasteiger partial charge is 0.244 e. The summed E-state index contributed by atoms with van der Waals surface area (Å²) in [6.07, 6.45) is 0. The van der Waals surface area contributed by atoms with E-state index in [4.69, 9.17) is 0 Å². The number of hydrogen-bond donors (Lipinski definition) is 2. The molecule has 0 unspecified atom stereocenters. The van der Waals surface area contributed by atoms with Crippen molar-refractivity contribution in [3.63, 3.8) is 0 Å². The Labute approximate surface area is 104 Å². The molecule has 3 heteroatoms. The van der Waals surface area contributed by atoms with Crippen LogP contribution in [0.3, 0.4) is 0 Å². The van der Waals surface area contributed by atoms with Gasteiger partial charge in [0, 0.05) is 7.05 Å². The van der Waals surface area contributed by atoms with E-state index in [0.29, 0.717) is 0 Å². The van der Waals surface area contributed by atoms with Crippen molar-refractivity contribution < 1.29 is 4.79 Å². The summed E-state index contributed by atoms with van der Waals surface area (Å²) in [6, 6.07) is 4.12. The third kappa shape index (κ3) is 2.50. The molecule has 0 aromatic heterocycles. The molecule has 0 radical (unpaired) electrons. The van der Waals surface area contributed by atoms with Crippen LogP contribution in [0.15, 0.2) is 12.1 Å². The molecule has 1 amide bonds. The molecule has 0 aliphatic carbocycles. The van der Waals surface area contributed by atoms with Crippen LogP contribution in [0, 0.1) is 20.8 Å². The summed E-state index contributed by atoms with van der Waals surface area (Å²) in [5, 5.41) is 0. The van der Waals surface area contributed by atoms with Crippen LogP contribution in [-0.2, 0) is 10.2 Å². The van der Waals surface area contributed by atoms with E-state index in [2.05, 4.69) is 37.7 Å². The van der Waals surface area contributed by atoms with E-state index in [1.54, 1.807) is 7.05 Å². The number of hydrazine groups is 1. The van der Waals surface area contributed by atoms with E-state index in [0.717, 1.165) is 5.56 Å². The molecule has 0 atom stereocenters. The topological polar surface area (TPSA) is 41.1 Å². The van der Waals surface area contributed by atoms with Crippen molar-refractivity contribution in [3.05, 3.63) is 34.4 Å². The molecule has 0 aliphatic rings. The van der Waals surface area contributed by atoms with Crippen molar-refractivity contribution >= 4 is 5.91 Å². The fraction of sp³-hybridized carbons (Fsp3) is 0.500. The molecule has 1 aromatic carbocycles. The van der Waals surface area contributed by atoms with Crippen LogP contribution in [0.1, 0.15) is 36.1 Å². The zero-order valence-electron chi connectivity index (χ0n) is 11.6. The van der Waals surface area contributed by atoms with Gasteiger partial charge in [0.05, 0.1) is 5.41 Å². The van der Waals surface area contributed by atoms with Crippen LogP contribution in [0.4, 0.5) is 0 Å². The van der Waals surface area contributed by atoms with Gasteiger partial charge < -0.3 is 0 Å². The van der Waals surface area contributed by atoms with Crippen LogP contribution in [0.5, 0.6) is 0 Å². The molecule has 17 heavy (non-hydrogen) atoms. The Balaban J connectivity index is 3.24. The minimum Gasteiger partial charge on any atom is -0.291 e. The molecule has 2 N–H and O–H groups in total. The Morgan fingerprint density at radius 1 is 1.12 bits per heavy atom. The summed E-state index contributed by atoms with van der Waals surface area (Å²) in [5.74, 6) is -0.0219. The fourth-order valence-electron chi connectivity index (χ4n) is 2.03. The first-order valence-electron chi connectivity index (χ1n) is 5.86. The maximum atomic E-state index is 12.0.